The van der Waals surface area contributed by atoms with Crippen LogP contribution in [0.1, 0.15) is 36.5 Å². The molecule has 138 valence electrons. The van der Waals surface area contributed by atoms with Gasteiger partial charge in [-0.15, -0.1) is 0 Å². The van der Waals surface area contributed by atoms with Crippen molar-refractivity contribution in [1.29, 1.82) is 0 Å². The average molecular weight is 364 g/mol. The van der Waals surface area contributed by atoms with E-state index < -0.39 is 37.3 Å². The number of benzene rings is 1. The molecule has 0 aliphatic rings. The third-order valence-electron chi connectivity index (χ3n) is 3.00. The van der Waals surface area contributed by atoms with E-state index in [2.05, 4.69) is 4.74 Å². The van der Waals surface area contributed by atoms with Crippen molar-refractivity contribution in [2.75, 3.05) is 6.61 Å². The van der Waals surface area contributed by atoms with Gasteiger partial charge in [0.2, 0.25) is 0 Å². The predicted octanol–water partition coefficient (Wildman–Crippen LogP) is 3.41. The normalized spacial score (nSPS) is 11.3. The summed E-state index contributed by atoms with van der Waals surface area (Å²) in [6, 6.07) is 5.81. The molecule has 1 aromatic carbocycles. The molecule has 0 N–H and O–H groups in total. The molecule has 1 aromatic rings. The third-order valence-corrected chi connectivity index (χ3v) is 3.00. The molecular formula is C16H16F4O5. The molecule has 0 bridgehead atoms. The molecular weight excluding hydrogens is 348 g/mol. The third kappa shape index (κ3) is 7.32. The van der Waals surface area contributed by atoms with Crippen LogP contribution in [0.2, 0.25) is 0 Å². The number of carbonyl (C=O) groups excluding carboxylic acids is 3. The Morgan fingerprint density at radius 3 is 2.12 bits per heavy atom. The quantitative estimate of drug-likeness (QED) is 0.291. The predicted molar refractivity (Wildman–Crippen MR) is 77.8 cm³/mol. The van der Waals surface area contributed by atoms with Gasteiger partial charge in [-0.3, -0.25) is 14.4 Å². The number of hydrogen-bond acceptors (Lipinski definition) is 5. The molecule has 0 amide bonds. The number of ether oxygens (including phenoxy) is 2. The highest BCUT2D eigenvalue weighted by atomic mass is 19.3. The molecule has 25 heavy (non-hydrogen) atoms. The topological polar surface area (TPSA) is 69.7 Å². The van der Waals surface area contributed by atoms with Crippen molar-refractivity contribution in [3.05, 3.63) is 29.8 Å². The van der Waals surface area contributed by atoms with Crippen molar-refractivity contribution >= 4 is 17.7 Å². The SMILES string of the molecule is CC(=O)c1ccc(OC(=O)CCCC(=O)OCC(F)(F)C(F)F)cc1. The van der Waals surface area contributed by atoms with Crippen LogP contribution in [-0.4, -0.2) is 36.7 Å². The van der Waals surface area contributed by atoms with Crippen LogP contribution in [0, 0.1) is 0 Å². The molecule has 0 aliphatic heterocycles. The van der Waals surface area contributed by atoms with Crippen LogP contribution < -0.4 is 4.74 Å². The Morgan fingerprint density at radius 1 is 1.04 bits per heavy atom. The van der Waals surface area contributed by atoms with Crippen LogP contribution in [0.5, 0.6) is 5.75 Å². The first-order valence-corrected chi connectivity index (χ1v) is 7.25. The van der Waals surface area contributed by atoms with E-state index in [4.69, 9.17) is 4.74 Å². The van der Waals surface area contributed by atoms with Gasteiger partial charge in [-0.2, -0.15) is 8.78 Å². The van der Waals surface area contributed by atoms with Gasteiger partial charge in [-0.05, 0) is 37.6 Å². The lowest BCUT2D eigenvalue weighted by atomic mass is 10.1. The van der Waals surface area contributed by atoms with Crippen LogP contribution in [-0.2, 0) is 14.3 Å². The Labute approximate surface area is 140 Å². The Kier molecular flexibility index (Phi) is 7.53. The minimum atomic E-state index is -4.40. The van der Waals surface area contributed by atoms with Crippen molar-refractivity contribution in [3.8, 4) is 5.75 Å². The standard InChI is InChI=1S/C16H16F4O5/c1-10(21)11-5-7-12(8-6-11)25-14(23)4-2-3-13(22)24-9-16(19,20)15(17)18/h5-8,15H,2-4,9H2,1H3. The van der Waals surface area contributed by atoms with E-state index >= 15 is 0 Å². The second-order valence-corrected chi connectivity index (χ2v) is 5.13. The summed E-state index contributed by atoms with van der Waals surface area (Å²) in [4.78, 5) is 33.8. The van der Waals surface area contributed by atoms with Crippen molar-refractivity contribution in [1.82, 2.24) is 0 Å². The minimum Gasteiger partial charge on any atom is -0.459 e. The van der Waals surface area contributed by atoms with Gasteiger partial charge in [0, 0.05) is 18.4 Å². The first kappa shape index (κ1) is 20.6. The summed E-state index contributed by atoms with van der Waals surface area (Å²) < 4.78 is 57.9. The number of Topliss-reactive ketones (excluding diaryl/α,β-unsaturated/α-hetero) is 1. The second kappa shape index (κ2) is 9.14. The Bertz CT molecular complexity index is 613. The monoisotopic (exact) mass is 364 g/mol. The number of carbonyl (C=O) groups is 3. The first-order chi connectivity index (χ1) is 11.6. The van der Waals surface area contributed by atoms with Crippen molar-refractivity contribution in [3.63, 3.8) is 0 Å². The van der Waals surface area contributed by atoms with E-state index in [0.29, 0.717) is 5.56 Å². The minimum absolute atomic E-state index is 0.0521. The maximum absolute atomic E-state index is 12.6. The van der Waals surface area contributed by atoms with Gasteiger partial charge < -0.3 is 9.47 Å². The molecule has 0 saturated heterocycles. The zero-order chi connectivity index (χ0) is 19.0. The summed E-state index contributed by atoms with van der Waals surface area (Å²) in [7, 11) is 0. The number of rotatable bonds is 9. The van der Waals surface area contributed by atoms with Crippen molar-refractivity contribution < 1.29 is 41.4 Å². The second-order valence-electron chi connectivity index (χ2n) is 5.13. The number of halogens is 4. The zero-order valence-corrected chi connectivity index (χ0v) is 13.3. The highest BCUT2D eigenvalue weighted by molar-refractivity contribution is 5.94. The summed E-state index contributed by atoms with van der Waals surface area (Å²) in [5, 5.41) is 0. The molecule has 0 radical (unpaired) electrons. The largest absolute Gasteiger partial charge is 0.459 e. The van der Waals surface area contributed by atoms with E-state index in [9.17, 15) is 31.9 Å². The van der Waals surface area contributed by atoms with Gasteiger partial charge in [0.25, 0.3) is 0 Å². The van der Waals surface area contributed by atoms with E-state index in [-0.39, 0.29) is 24.4 Å². The highest BCUT2D eigenvalue weighted by Crippen LogP contribution is 2.23. The maximum atomic E-state index is 12.6. The van der Waals surface area contributed by atoms with E-state index in [0.717, 1.165) is 0 Å². The maximum Gasteiger partial charge on any atom is 0.340 e. The molecule has 0 spiro atoms. The van der Waals surface area contributed by atoms with Gasteiger partial charge in [0.05, 0.1) is 0 Å². The summed E-state index contributed by atoms with van der Waals surface area (Å²) in [6.07, 6.45) is -4.57. The summed E-state index contributed by atoms with van der Waals surface area (Å²) in [5.41, 5.74) is 0.447. The molecule has 0 saturated carbocycles. The highest BCUT2D eigenvalue weighted by Gasteiger charge is 2.42. The van der Waals surface area contributed by atoms with E-state index in [1.165, 1.54) is 31.2 Å². The van der Waals surface area contributed by atoms with E-state index in [1.807, 2.05) is 0 Å². The molecule has 0 fully saturated rings. The lowest BCUT2D eigenvalue weighted by molar-refractivity contribution is -0.179. The summed E-state index contributed by atoms with van der Waals surface area (Å²) in [6.45, 7) is -0.326. The fourth-order valence-electron chi connectivity index (χ4n) is 1.63. The number of hydrogen-bond donors (Lipinski definition) is 0. The Hall–Kier alpha value is -2.45. The summed E-state index contributed by atoms with van der Waals surface area (Å²) >= 11 is 0. The first-order valence-electron chi connectivity index (χ1n) is 7.25. The zero-order valence-electron chi connectivity index (χ0n) is 13.3. The van der Waals surface area contributed by atoms with Crippen LogP contribution in [0.15, 0.2) is 24.3 Å². The van der Waals surface area contributed by atoms with Crippen LogP contribution >= 0.6 is 0 Å². The van der Waals surface area contributed by atoms with Gasteiger partial charge in [-0.25, -0.2) is 8.78 Å². The fourth-order valence-corrected chi connectivity index (χ4v) is 1.63. The molecule has 0 aliphatic carbocycles. The lowest BCUT2D eigenvalue weighted by Crippen LogP contribution is -2.33. The molecule has 0 atom stereocenters. The number of ketones is 1. The lowest BCUT2D eigenvalue weighted by Gasteiger charge is -2.14. The molecule has 5 nitrogen and oxygen atoms in total. The van der Waals surface area contributed by atoms with Crippen molar-refractivity contribution in [2.24, 2.45) is 0 Å². The smallest absolute Gasteiger partial charge is 0.340 e. The summed E-state index contributed by atoms with van der Waals surface area (Å²) in [5.74, 6) is -6.14. The molecule has 0 aromatic heterocycles. The number of alkyl halides is 4. The van der Waals surface area contributed by atoms with E-state index in [1.54, 1.807) is 0 Å². The molecule has 0 unspecified atom stereocenters. The van der Waals surface area contributed by atoms with Gasteiger partial charge in [0.15, 0.2) is 12.4 Å². The fraction of sp³-hybridized carbons (Fsp3) is 0.438. The Morgan fingerprint density at radius 2 is 1.60 bits per heavy atom. The number of esters is 2. The average Bonchev–Trinajstić information content (AvgIpc) is 2.53. The Balaban J connectivity index is 2.30. The van der Waals surface area contributed by atoms with Crippen LogP contribution in [0.25, 0.3) is 0 Å². The van der Waals surface area contributed by atoms with Crippen LogP contribution in [0.4, 0.5) is 17.6 Å². The van der Waals surface area contributed by atoms with Gasteiger partial charge in [-0.1, -0.05) is 0 Å². The molecule has 9 heteroatoms. The van der Waals surface area contributed by atoms with Gasteiger partial charge in [0.1, 0.15) is 5.75 Å². The van der Waals surface area contributed by atoms with Gasteiger partial charge >= 0.3 is 24.3 Å². The van der Waals surface area contributed by atoms with Crippen molar-refractivity contribution in [2.45, 2.75) is 38.5 Å². The molecule has 1 rings (SSSR count). The van der Waals surface area contributed by atoms with Crippen LogP contribution in [0.3, 0.4) is 0 Å². The molecule has 0 heterocycles.